The minimum Gasteiger partial charge on any atom is -0.466 e. The monoisotopic (exact) mass is 344 g/mol. The molecular formula is C13H16N2O7S. The molecule has 1 rings (SSSR count). The van der Waals surface area contributed by atoms with E-state index in [4.69, 9.17) is 0 Å². The van der Waals surface area contributed by atoms with E-state index in [2.05, 4.69) is 10.1 Å². The lowest BCUT2D eigenvalue weighted by Crippen LogP contribution is -2.26. The summed E-state index contributed by atoms with van der Waals surface area (Å²) in [5.74, 6) is -1.14. The molecule has 1 aromatic carbocycles. The first kappa shape index (κ1) is 18.6. The predicted octanol–water partition coefficient (Wildman–Crippen LogP) is 0.681. The van der Waals surface area contributed by atoms with Crippen LogP contribution in [0.1, 0.15) is 23.7 Å². The summed E-state index contributed by atoms with van der Waals surface area (Å²) >= 11 is 0. The molecule has 1 amide bonds. The molecule has 0 aliphatic carbocycles. The Balaban J connectivity index is 2.89. The van der Waals surface area contributed by atoms with Crippen LogP contribution in [-0.2, 0) is 19.4 Å². The third kappa shape index (κ3) is 5.33. The molecule has 1 N–H and O–H groups in total. The summed E-state index contributed by atoms with van der Waals surface area (Å²) in [6.45, 7) is 1.88. The van der Waals surface area contributed by atoms with E-state index in [1.807, 2.05) is 0 Å². The zero-order chi connectivity index (χ0) is 17.6. The van der Waals surface area contributed by atoms with Gasteiger partial charge in [0.2, 0.25) is 0 Å². The van der Waals surface area contributed by atoms with E-state index >= 15 is 0 Å². The first-order valence-electron chi connectivity index (χ1n) is 6.59. The third-order valence-corrected chi connectivity index (χ3v) is 3.88. The van der Waals surface area contributed by atoms with Crippen LogP contribution in [-0.4, -0.2) is 44.6 Å². The summed E-state index contributed by atoms with van der Waals surface area (Å²) in [6, 6.07) is 3.06. The van der Waals surface area contributed by atoms with E-state index in [0.29, 0.717) is 0 Å². The number of amides is 1. The first-order chi connectivity index (χ1) is 10.7. The Morgan fingerprint density at radius 2 is 2.00 bits per heavy atom. The van der Waals surface area contributed by atoms with Crippen LogP contribution in [0.15, 0.2) is 23.1 Å². The number of nitro groups is 1. The van der Waals surface area contributed by atoms with Gasteiger partial charge in [-0.05, 0) is 19.1 Å². The summed E-state index contributed by atoms with van der Waals surface area (Å²) in [5, 5.41) is 13.4. The number of sulfone groups is 1. The number of nitro benzene ring substituents is 1. The first-order valence-corrected chi connectivity index (χ1v) is 8.48. The second-order valence-electron chi connectivity index (χ2n) is 4.52. The zero-order valence-corrected chi connectivity index (χ0v) is 13.4. The van der Waals surface area contributed by atoms with Crippen molar-refractivity contribution in [1.82, 2.24) is 5.32 Å². The minimum absolute atomic E-state index is 0.000702. The molecule has 126 valence electrons. The summed E-state index contributed by atoms with van der Waals surface area (Å²) in [7, 11) is -3.79. The molecule has 10 heteroatoms. The maximum Gasteiger partial charge on any atom is 0.307 e. The van der Waals surface area contributed by atoms with E-state index in [9.17, 15) is 28.1 Å². The lowest BCUT2D eigenvalue weighted by atomic mass is 10.2. The number of nitrogens with one attached hydrogen (secondary N) is 1. The molecule has 0 fully saturated rings. The SMILES string of the molecule is CCOC(=O)CCNC(=O)c1ccc(S(C)(=O)=O)c([N+](=O)[O-])c1. The quantitative estimate of drug-likeness (QED) is 0.437. The van der Waals surface area contributed by atoms with Gasteiger partial charge < -0.3 is 10.1 Å². The zero-order valence-electron chi connectivity index (χ0n) is 12.6. The normalized spacial score (nSPS) is 10.9. The second-order valence-corrected chi connectivity index (χ2v) is 6.51. The maximum atomic E-state index is 11.9. The molecule has 0 radical (unpaired) electrons. The van der Waals surface area contributed by atoms with Crippen LogP contribution in [0.5, 0.6) is 0 Å². The van der Waals surface area contributed by atoms with Gasteiger partial charge in [0.1, 0.15) is 4.90 Å². The van der Waals surface area contributed by atoms with Crippen molar-refractivity contribution in [3.8, 4) is 0 Å². The van der Waals surface area contributed by atoms with Crippen LogP contribution < -0.4 is 5.32 Å². The number of ether oxygens (including phenoxy) is 1. The van der Waals surface area contributed by atoms with Crippen LogP contribution in [0.2, 0.25) is 0 Å². The summed E-state index contributed by atoms with van der Waals surface area (Å²) in [4.78, 5) is 32.6. The molecule has 9 nitrogen and oxygen atoms in total. The van der Waals surface area contributed by atoms with Crippen LogP contribution >= 0.6 is 0 Å². The van der Waals surface area contributed by atoms with Crippen molar-refractivity contribution in [2.75, 3.05) is 19.4 Å². The van der Waals surface area contributed by atoms with Crippen molar-refractivity contribution >= 4 is 27.4 Å². The highest BCUT2D eigenvalue weighted by Gasteiger charge is 2.23. The van der Waals surface area contributed by atoms with E-state index in [1.165, 1.54) is 6.07 Å². The van der Waals surface area contributed by atoms with Crippen molar-refractivity contribution in [3.05, 3.63) is 33.9 Å². The Morgan fingerprint density at radius 3 is 2.52 bits per heavy atom. The molecule has 0 unspecified atom stereocenters. The molecule has 0 aliphatic heterocycles. The summed E-state index contributed by atoms with van der Waals surface area (Å²) in [5.41, 5.74) is -0.751. The Kier molecular flexibility index (Phi) is 6.19. The van der Waals surface area contributed by atoms with Crippen molar-refractivity contribution in [3.63, 3.8) is 0 Å². The van der Waals surface area contributed by atoms with Gasteiger partial charge in [-0.25, -0.2) is 8.42 Å². The highest BCUT2D eigenvalue weighted by Crippen LogP contribution is 2.24. The van der Waals surface area contributed by atoms with Gasteiger partial charge in [-0.2, -0.15) is 0 Å². The molecule has 0 aromatic heterocycles. The van der Waals surface area contributed by atoms with E-state index in [-0.39, 0.29) is 25.1 Å². The second kappa shape index (κ2) is 7.68. The number of hydrogen-bond donors (Lipinski definition) is 1. The Morgan fingerprint density at radius 1 is 1.35 bits per heavy atom. The number of carbonyl (C=O) groups excluding carboxylic acids is 2. The Labute approximate surface area is 132 Å². The Hall–Kier alpha value is -2.49. The van der Waals surface area contributed by atoms with Gasteiger partial charge in [-0.1, -0.05) is 0 Å². The fourth-order valence-corrected chi connectivity index (χ4v) is 2.56. The average Bonchev–Trinajstić information content (AvgIpc) is 2.45. The van der Waals surface area contributed by atoms with Gasteiger partial charge in [0, 0.05) is 24.4 Å². The fourth-order valence-electron chi connectivity index (χ4n) is 1.73. The molecule has 0 bridgehead atoms. The average molecular weight is 344 g/mol. The van der Waals surface area contributed by atoms with Crippen molar-refractivity contribution < 1.29 is 27.7 Å². The number of benzene rings is 1. The van der Waals surface area contributed by atoms with Gasteiger partial charge in [0.25, 0.3) is 11.6 Å². The lowest BCUT2D eigenvalue weighted by Gasteiger charge is -2.06. The van der Waals surface area contributed by atoms with Crippen molar-refractivity contribution in [1.29, 1.82) is 0 Å². The fraction of sp³-hybridized carbons (Fsp3) is 0.385. The van der Waals surface area contributed by atoms with Gasteiger partial charge in [-0.3, -0.25) is 19.7 Å². The molecule has 0 atom stereocenters. The number of nitrogens with zero attached hydrogens (tertiary/aromatic N) is 1. The lowest BCUT2D eigenvalue weighted by molar-refractivity contribution is -0.387. The third-order valence-electron chi connectivity index (χ3n) is 2.74. The van der Waals surface area contributed by atoms with E-state index in [0.717, 1.165) is 18.4 Å². The molecule has 0 aliphatic rings. The number of carbonyl (C=O) groups is 2. The van der Waals surface area contributed by atoms with Crippen LogP contribution in [0.3, 0.4) is 0 Å². The smallest absolute Gasteiger partial charge is 0.307 e. The van der Waals surface area contributed by atoms with Gasteiger partial charge in [-0.15, -0.1) is 0 Å². The molecule has 0 saturated heterocycles. The molecule has 1 aromatic rings. The predicted molar refractivity (Wildman–Crippen MR) is 79.8 cm³/mol. The van der Waals surface area contributed by atoms with Crippen molar-refractivity contribution in [2.24, 2.45) is 0 Å². The summed E-state index contributed by atoms with van der Waals surface area (Å²) in [6.07, 6.45) is 0.803. The van der Waals surface area contributed by atoms with Gasteiger partial charge >= 0.3 is 5.97 Å². The standard InChI is InChI=1S/C13H16N2O7S/c1-3-22-12(16)6-7-14-13(17)9-4-5-11(23(2,20)21)10(8-9)15(18)19/h4-5,8H,3,6-7H2,1-2H3,(H,14,17). The molecule has 0 heterocycles. The van der Waals surface area contributed by atoms with Crippen LogP contribution in [0.25, 0.3) is 0 Å². The van der Waals surface area contributed by atoms with E-state index in [1.54, 1.807) is 6.92 Å². The number of rotatable bonds is 7. The van der Waals surface area contributed by atoms with Crippen LogP contribution in [0, 0.1) is 10.1 Å². The molecule has 0 spiro atoms. The van der Waals surface area contributed by atoms with Crippen LogP contribution in [0.4, 0.5) is 5.69 Å². The Bertz CT molecular complexity index is 728. The highest BCUT2D eigenvalue weighted by molar-refractivity contribution is 7.90. The largest absolute Gasteiger partial charge is 0.466 e. The van der Waals surface area contributed by atoms with E-state index < -0.39 is 37.2 Å². The molecule has 0 saturated carbocycles. The number of esters is 1. The minimum atomic E-state index is -3.79. The van der Waals surface area contributed by atoms with Gasteiger partial charge in [0.05, 0.1) is 18.0 Å². The molecular weight excluding hydrogens is 328 g/mol. The van der Waals surface area contributed by atoms with Crippen molar-refractivity contribution in [2.45, 2.75) is 18.2 Å². The topological polar surface area (TPSA) is 133 Å². The number of hydrogen-bond acceptors (Lipinski definition) is 7. The highest BCUT2D eigenvalue weighted by atomic mass is 32.2. The maximum absolute atomic E-state index is 11.9. The van der Waals surface area contributed by atoms with Gasteiger partial charge in [0.15, 0.2) is 9.84 Å². The summed E-state index contributed by atoms with van der Waals surface area (Å²) < 4.78 is 27.7. The molecule has 23 heavy (non-hydrogen) atoms.